The van der Waals surface area contributed by atoms with Gasteiger partial charge in [0.1, 0.15) is 37.8 Å². The van der Waals surface area contributed by atoms with Crippen molar-refractivity contribution in [2.75, 3.05) is 27.3 Å². The Kier molecular flexibility index (Phi) is 26.4. The number of halogens is 3. The van der Waals surface area contributed by atoms with Crippen LogP contribution in [0.1, 0.15) is 92.4 Å². The Bertz CT molecular complexity index is 2030. The Hall–Kier alpha value is -1.39. The second-order valence-corrected chi connectivity index (χ2v) is 16.6. The molecule has 2 aliphatic rings. The van der Waals surface area contributed by atoms with Gasteiger partial charge >= 0.3 is 122 Å². The zero-order valence-electron chi connectivity index (χ0n) is 37.4. The molecular formula is C37H50BBrCl2K2N8O11. The largest absolute Gasteiger partial charge is 1.00 e. The standard InChI is InChI=1S/C18H23ClN4O3.C12H18BrN3O2.C6H7BClNO3.CH2O3.2K.H/c1-18(2,3)26-17(24)23-9-5-6-13(23)15-20-10-12(21-15)11-7-8-14(19)22-16(11)25-4;1-12(2,3)18-11(17)16-6-4-5-8(16)10-14-7-9(13)15-10;1-12-6-4(7(10)11)2-3-5(8)9-6;2-1-4-3;;;/h7-8,10,13H,5-6,9H2,1-4H3,(H,20,21);7-8H,4-6H2,1-3H3,(H,14,15);2-3,10-11H,1H3;1,3H;;;/q;;;;2*+1;-1/p-1/t13-;8-;;;;;/m00...../s1. The van der Waals surface area contributed by atoms with Crippen LogP contribution >= 0.6 is 39.1 Å². The maximum Gasteiger partial charge on any atom is 1.00 e. The average molecular weight is 1020 g/mol. The molecule has 6 rings (SSSR count). The van der Waals surface area contributed by atoms with Crippen molar-refractivity contribution in [1.82, 2.24) is 39.7 Å². The van der Waals surface area contributed by atoms with Crippen LogP contribution in [0, 0.1) is 0 Å². The zero-order chi connectivity index (χ0) is 44.8. The molecular weight excluding hydrogens is 972 g/mol. The first kappa shape index (κ1) is 58.6. The third-order valence-corrected chi connectivity index (χ3v) is 9.05. The van der Waals surface area contributed by atoms with Gasteiger partial charge in [-0.25, -0.2) is 29.5 Å². The van der Waals surface area contributed by atoms with Crippen LogP contribution in [-0.4, -0.2) is 114 Å². The maximum atomic E-state index is 12.5. The minimum atomic E-state index is -1.59. The quantitative estimate of drug-likeness (QED) is 0.0595. The van der Waals surface area contributed by atoms with Gasteiger partial charge in [-0.1, -0.05) is 29.3 Å². The molecule has 2 atom stereocenters. The van der Waals surface area contributed by atoms with Crippen LogP contribution in [-0.2, 0) is 19.2 Å². The fraction of sp³-hybridized carbons (Fsp3) is 0.486. The van der Waals surface area contributed by atoms with Gasteiger partial charge in [0.25, 0.3) is 6.47 Å². The minimum Gasteiger partial charge on any atom is -1.00 e. The number of carbonyl (C=O) groups is 3. The Morgan fingerprint density at radius 2 is 1.29 bits per heavy atom. The number of pyridine rings is 2. The van der Waals surface area contributed by atoms with E-state index in [1.165, 1.54) is 19.2 Å². The van der Waals surface area contributed by atoms with Crippen LogP contribution in [0.2, 0.25) is 10.3 Å². The van der Waals surface area contributed by atoms with Crippen LogP contribution in [0.3, 0.4) is 0 Å². The minimum absolute atomic E-state index is 0. The van der Waals surface area contributed by atoms with Crippen molar-refractivity contribution in [2.24, 2.45) is 0 Å². The first-order valence-electron chi connectivity index (χ1n) is 18.5. The number of imidazole rings is 2. The third kappa shape index (κ3) is 18.8. The number of hydrogen-bond acceptors (Lipinski definition) is 15. The molecule has 4 aromatic rings. The number of nitrogens with one attached hydrogen (secondary N) is 2. The smallest absolute Gasteiger partial charge is 1.00 e. The Morgan fingerprint density at radius 1 is 0.839 bits per heavy atom. The molecule has 62 heavy (non-hydrogen) atoms. The van der Waals surface area contributed by atoms with E-state index >= 15 is 0 Å². The van der Waals surface area contributed by atoms with E-state index in [-0.39, 0.29) is 151 Å². The van der Waals surface area contributed by atoms with E-state index < -0.39 is 18.3 Å². The van der Waals surface area contributed by atoms with E-state index in [4.69, 9.17) is 62.2 Å². The summed E-state index contributed by atoms with van der Waals surface area (Å²) in [5.74, 6) is 2.08. The molecule has 0 radical (unpaired) electrons. The number of methoxy groups -OCH3 is 2. The van der Waals surface area contributed by atoms with Crippen molar-refractivity contribution in [3.05, 3.63) is 63.2 Å². The van der Waals surface area contributed by atoms with Gasteiger partial charge in [-0.3, -0.25) is 14.6 Å². The van der Waals surface area contributed by atoms with Crippen molar-refractivity contribution in [3.8, 4) is 23.0 Å². The molecule has 19 nitrogen and oxygen atoms in total. The van der Waals surface area contributed by atoms with E-state index in [9.17, 15) is 9.59 Å². The number of amides is 2. The zero-order valence-corrected chi connectivity index (χ0v) is 45.7. The van der Waals surface area contributed by atoms with Gasteiger partial charge in [-0.2, -0.15) is 0 Å². The van der Waals surface area contributed by atoms with E-state index in [0.29, 0.717) is 17.6 Å². The van der Waals surface area contributed by atoms with Crippen LogP contribution in [0.15, 0.2) is 41.3 Å². The van der Waals surface area contributed by atoms with E-state index in [0.717, 1.165) is 59.7 Å². The number of carbonyl (C=O) groups excluding carboxylic acids is 3. The number of likely N-dealkylation sites (tertiary alicyclic amines) is 2. The summed E-state index contributed by atoms with van der Waals surface area (Å²) < 4.78 is 21.8. The number of nitrogens with zero attached hydrogens (tertiary/aromatic N) is 6. The summed E-state index contributed by atoms with van der Waals surface area (Å²) in [4.78, 5) is 62.4. The predicted octanol–water partition coefficient (Wildman–Crippen LogP) is -0.571. The molecule has 25 heteroatoms. The van der Waals surface area contributed by atoms with Crippen LogP contribution in [0.4, 0.5) is 9.59 Å². The molecule has 0 aromatic carbocycles. The molecule has 0 bridgehead atoms. The normalized spacial score (nSPS) is 15.4. The van der Waals surface area contributed by atoms with Crippen molar-refractivity contribution in [2.45, 2.75) is 90.5 Å². The molecule has 0 saturated carbocycles. The van der Waals surface area contributed by atoms with E-state index in [1.54, 1.807) is 35.4 Å². The van der Waals surface area contributed by atoms with Gasteiger partial charge in [0.2, 0.25) is 11.8 Å². The summed E-state index contributed by atoms with van der Waals surface area (Å²) in [6, 6.07) is 6.28. The van der Waals surface area contributed by atoms with Crippen molar-refractivity contribution in [1.29, 1.82) is 0 Å². The van der Waals surface area contributed by atoms with Crippen molar-refractivity contribution >= 4 is 70.4 Å². The molecule has 2 aliphatic heterocycles. The number of aromatic amines is 2. The third-order valence-electron chi connectivity index (χ3n) is 8.23. The summed E-state index contributed by atoms with van der Waals surface area (Å²) in [7, 11) is 1.33. The fourth-order valence-corrected chi connectivity index (χ4v) is 6.46. The summed E-state index contributed by atoms with van der Waals surface area (Å²) in [6.07, 6.45) is 6.48. The number of hydrogen-bond donors (Lipinski definition) is 4. The summed E-state index contributed by atoms with van der Waals surface area (Å²) in [5, 5.41) is 26.7. The molecule has 2 saturated heterocycles. The van der Waals surface area contributed by atoms with Crippen molar-refractivity contribution in [3.63, 3.8) is 0 Å². The van der Waals surface area contributed by atoms with Gasteiger partial charge < -0.3 is 50.5 Å². The predicted molar refractivity (Wildman–Crippen MR) is 223 cm³/mol. The summed E-state index contributed by atoms with van der Waals surface area (Å²) in [6.45, 7) is 12.4. The SMILES string of the molecule is CC(C)(C)OC(=O)N1CCC[C@H]1c1ncc(Br)[nH]1.COc1nc(Cl)ccc1-c1cnc([C@@H]2CCCN2C(=O)OC(C)(C)C)[nH]1.COc1nc(Cl)ccc1B(O)O.O=CO[O-].[H-].[K+].[K+]. The van der Waals surface area contributed by atoms with E-state index in [2.05, 4.69) is 50.7 Å². The molecule has 0 aliphatic carbocycles. The Morgan fingerprint density at radius 3 is 1.71 bits per heavy atom. The molecule has 4 N–H and O–H groups in total. The second kappa shape index (κ2) is 27.9. The first-order valence-corrected chi connectivity index (χ1v) is 20.0. The molecule has 2 amide bonds. The second-order valence-electron chi connectivity index (χ2n) is 15.0. The number of aromatic nitrogens is 6. The number of H-pyrrole nitrogens is 2. The molecule has 6 heterocycles. The first-order chi connectivity index (χ1) is 28.2. The number of rotatable bonds is 7. The fourth-order valence-electron chi connectivity index (χ4n) is 5.87. The molecule has 2 fully saturated rings. The monoisotopic (exact) mass is 1020 g/mol. The molecule has 330 valence electrons. The molecule has 0 spiro atoms. The molecule has 4 aromatic heterocycles. The summed E-state index contributed by atoms with van der Waals surface area (Å²) >= 11 is 14.8. The van der Waals surface area contributed by atoms with Gasteiger partial charge in [0.15, 0.2) is 0 Å². The van der Waals surface area contributed by atoms with E-state index in [1.807, 2.05) is 47.6 Å². The van der Waals surface area contributed by atoms with Crippen molar-refractivity contribution < 1.29 is 158 Å². The molecule has 0 unspecified atom stereocenters. The Balaban J connectivity index is 0.000000908. The maximum absolute atomic E-state index is 12.5. The van der Waals surface area contributed by atoms with Crippen LogP contribution in [0.5, 0.6) is 11.8 Å². The van der Waals surface area contributed by atoms with Gasteiger partial charge in [-0.05, 0) is 101 Å². The van der Waals surface area contributed by atoms with Crippen LogP contribution < -0.4 is 123 Å². The topological polar surface area (TPSA) is 250 Å². The van der Waals surface area contributed by atoms with Gasteiger partial charge in [0.05, 0.1) is 50.0 Å². The number of ether oxygens (including phenoxy) is 4. The summed E-state index contributed by atoms with van der Waals surface area (Å²) in [5.41, 5.74) is 0.728. The van der Waals surface area contributed by atoms with Gasteiger partial charge in [-0.15, -0.1) is 0 Å². The van der Waals surface area contributed by atoms with Crippen LogP contribution in [0.25, 0.3) is 11.3 Å². The van der Waals surface area contributed by atoms with Gasteiger partial charge in [0, 0.05) is 18.6 Å². The average Bonchev–Trinajstić information content (AvgIpc) is 4.01. The Labute approximate surface area is 465 Å².